The van der Waals surface area contributed by atoms with Gasteiger partial charge in [-0.1, -0.05) is 15.9 Å². The number of ether oxygens (including phenoxy) is 1. The number of rotatable bonds is 5. The number of aliphatic hydroxyl groups is 1. The van der Waals surface area contributed by atoms with Gasteiger partial charge in [0.15, 0.2) is 0 Å². The fourth-order valence-corrected chi connectivity index (χ4v) is 3.11. The number of sulfonamides is 1. The van der Waals surface area contributed by atoms with E-state index in [9.17, 15) is 8.42 Å². The van der Waals surface area contributed by atoms with E-state index in [0.29, 0.717) is 4.47 Å². The van der Waals surface area contributed by atoms with Gasteiger partial charge in [-0.25, -0.2) is 13.1 Å². The average molecular weight is 338 g/mol. The van der Waals surface area contributed by atoms with Crippen molar-refractivity contribution in [3.8, 4) is 5.75 Å². The first kappa shape index (κ1) is 15.4. The van der Waals surface area contributed by atoms with E-state index in [0.717, 1.165) is 5.56 Å². The third kappa shape index (κ3) is 3.68. The zero-order valence-corrected chi connectivity index (χ0v) is 12.8. The lowest BCUT2D eigenvalue weighted by atomic mass is 10.2. The molecule has 1 atom stereocenters. The molecule has 2 N–H and O–H groups in total. The quantitative estimate of drug-likeness (QED) is 0.852. The van der Waals surface area contributed by atoms with Gasteiger partial charge >= 0.3 is 0 Å². The predicted octanol–water partition coefficient (Wildman–Crippen LogP) is 1.43. The molecule has 0 spiro atoms. The number of nitrogens with one attached hydrogen (secondary N) is 1. The van der Waals surface area contributed by atoms with Gasteiger partial charge in [-0.05, 0) is 31.5 Å². The lowest BCUT2D eigenvalue weighted by molar-refractivity contribution is 0.198. The van der Waals surface area contributed by atoms with E-state index >= 15 is 0 Å². The molecule has 1 rings (SSSR count). The standard InChI is InChI=1S/C11H16BrNO4S/c1-7-4-10(17-3)11(5-9(7)12)18(15,16)13-6-8(2)14/h4-5,8,13-14H,6H2,1-3H3. The van der Waals surface area contributed by atoms with Crippen LogP contribution in [-0.4, -0.2) is 33.3 Å². The Morgan fingerprint density at radius 3 is 2.61 bits per heavy atom. The highest BCUT2D eigenvalue weighted by atomic mass is 79.9. The second-order valence-corrected chi connectivity index (χ2v) is 6.54. The summed E-state index contributed by atoms with van der Waals surface area (Å²) >= 11 is 3.28. The molecule has 0 aliphatic heterocycles. The zero-order chi connectivity index (χ0) is 13.9. The summed E-state index contributed by atoms with van der Waals surface area (Å²) in [4.78, 5) is 0.0446. The first-order chi connectivity index (χ1) is 8.27. The van der Waals surface area contributed by atoms with Crippen molar-refractivity contribution in [1.29, 1.82) is 0 Å². The molecular weight excluding hydrogens is 322 g/mol. The molecule has 7 heteroatoms. The van der Waals surface area contributed by atoms with Crippen LogP contribution in [0.4, 0.5) is 0 Å². The number of aliphatic hydroxyl groups excluding tert-OH is 1. The largest absolute Gasteiger partial charge is 0.495 e. The summed E-state index contributed by atoms with van der Waals surface area (Å²) in [6.07, 6.45) is -0.750. The molecule has 0 fully saturated rings. The van der Waals surface area contributed by atoms with E-state index in [1.54, 1.807) is 6.07 Å². The van der Waals surface area contributed by atoms with Gasteiger partial charge in [0, 0.05) is 11.0 Å². The smallest absolute Gasteiger partial charge is 0.244 e. The number of benzene rings is 1. The van der Waals surface area contributed by atoms with Crippen LogP contribution >= 0.6 is 15.9 Å². The highest BCUT2D eigenvalue weighted by Gasteiger charge is 2.21. The molecule has 0 heterocycles. The molecule has 0 aliphatic carbocycles. The van der Waals surface area contributed by atoms with Crippen LogP contribution in [0.15, 0.2) is 21.5 Å². The lowest BCUT2D eigenvalue weighted by Crippen LogP contribution is -2.31. The van der Waals surface area contributed by atoms with Crippen molar-refractivity contribution in [2.45, 2.75) is 24.8 Å². The number of hydrogen-bond donors (Lipinski definition) is 2. The van der Waals surface area contributed by atoms with Gasteiger partial charge in [-0.3, -0.25) is 0 Å². The lowest BCUT2D eigenvalue weighted by Gasteiger charge is -2.13. The molecule has 18 heavy (non-hydrogen) atoms. The summed E-state index contributed by atoms with van der Waals surface area (Å²) in [6.45, 7) is 3.30. The van der Waals surface area contributed by atoms with Gasteiger partial charge in [-0.15, -0.1) is 0 Å². The Bertz CT molecular complexity index is 528. The van der Waals surface area contributed by atoms with Crippen LogP contribution in [0.3, 0.4) is 0 Å². The predicted molar refractivity (Wildman–Crippen MR) is 72.3 cm³/mol. The molecule has 0 bridgehead atoms. The van der Waals surface area contributed by atoms with Crippen LogP contribution in [0.25, 0.3) is 0 Å². The van der Waals surface area contributed by atoms with Gasteiger partial charge in [0.2, 0.25) is 10.0 Å². The third-order valence-electron chi connectivity index (χ3n) is 2.30. The summed E-state index contributed by atoms with van der Waals surface area (Å²) in [7, 11) is -2.29. The molecule has 102 valence electrons. The normalized spacial score (nSPS) is 13.4. The Kier molecular flexibility index (Phi) is 5.15. The first-order valence-electron chi connectivity index (χ1n) is 5.29. The van der Waals surface area contributed by atoms with Crippen LogP contribution in [0.1, 0.15) is 12.5 Å². The highest BCUT2D eigenvalue weighted by Crippen LogP contribution is 2.30. The van der Waals surface area contributed by atoms with Crippen molar-refractivity contribution in [2.24, 2.45) is 0 Å². The minimum absolute atomic E-state index is 0.0446. The molecule has 0 amide bonds. The number of halogens is 1. The van der Waals surface area contributed by atoms with E-state index in [1.807, 2.05) is 6.92 Å². The molecule has 1 aromatic carbocycles. The Labute approximate surface area is 115 Å². The van der Waals surface area contributed by atoms with Crippen LogP contribution in [-0.2, 0) is 10.0 Å². The molecule has 0 aromatic heterocycles. The maximum absolute atomic E-state index is 12.1. The Balaban J connectivity index is 3.19. The molecule has 5 nitrogen and oxygen atoms in total. The van der Waals surface area contributed by atoms with Crippen molar-refractivity contribution in [2.75, 3.05) is 13.7 Å². The van der Waals surface area contributed by atoms with E-state index < -0.39 is 16.1 Å². The molecule has 0 saturated heterocycles. The Hall–Kier alpha value is -0.630. The summed E-state index contributed by atoms with van der Waals surface area (Å²) in [5.74, 6) is 0.272. The molecular formula is C11H16BrNO4S. The number of hydrogen-bond acceptors (Lipinski definition) is 4. The molecule has 0 saturated carbocycles. The summed E-state index contributed by atoms with van der Waals surface area (Å²) < 4.78 is 32.2. The van der Waals surface area contributed by atoms with Crippen molar-refractivity contribution in [3.05, 3.63) is 22.2 Å². The SMILES string of the molecule is COc1cc(C)c(Br)cc1S(=O)(=O)NCC(C)O. The number of methoxy groups -OCH3 is 1. The monoisotopic (exact) mass is 337 g/mol. The van der Waals surface area contributed by atoms with Crippen LogP contribution in [0.5, 0.6) is 5.75 Å². The summed E-state index contributed by atoms with van der Waals surface area (Å²) in [5.41, 5.74) is 0.876. The van der Waals surface area contributed by atoms with Gasteiger partial charge in [0.25, 0.3) is 0 Å². The van der Waals surface area contributed by atoms with Gasteiger partial charge in [-0.2, -0.15) is 0 Å². The average Bonchev–Trinajstić information content (AvgIpc) is 2.29. The molecule has 0 aliphatic rings. The Morgan fingerprint density at radius 1 is 1.50 bits per heavy atom. The summed E-state index contributed by atoms with van der Waals surface area (Å²) in [6, 6.07) is 3.12. The van der Waals surface area contributed by atoms with E-state index in [4.69, 9.17) is 9.84 Å². The first-order valence-corrected chi connectivity index (χ1v) is 7.57. The van der Waals surface area contributed by atoms with Crippen LogP contribution < -0.4 is 9.46 Å². The maximum atomic E-state index is 12.1. The molecule has 1 unspecified atom stereocenters. The van der Waals surface area contributed by atoms with Crippen molar-refractivity contribution in [3.63, 3.8) is 0 Å². The highest BCUT2D eigenvalue weighted by molar-refractivity contribution is 9.10. The van der Waals surface area contributed by atoms with Crippen LogP contribution in [0.2, 0.25) is 0 Å². The topological polar surface area (TPSA) is 75.6 Å². The number of aryl methyl sites for hydroxylation is 1. The van der Waals surface area contributed by atoms with E-state index in [-0.39, 0.29) is 17.2 Å². The molecule has 1 aromatic rings. The second-order valence-electron chi connectivity index (χ2n) is 3.95. The van der Waals surface area contributed by atoms with Gasteiger partial charge < -0.3 is 9.84 Å². The van der Waals surface area contributed by atoms with Crippen molar-refractivity contribution in [1.82, 2.24) is 4.72 Å². The van der Waals surface area contributed by atoms with Crippen molar-refractivity contribution >= 4 is 26.0 Å². The fraction of sp³-hybridized carbons (Fsp3) is 0.455. The van der Waals surface area contributed by atoms with Gasteiger partial charge in [0.1, 0.15) is 10.6 Å². The van der Waals surface area contributed by atoms with E-state index in [1.165, 1.54) is 20.1 Å². The van der Waals surface area contributed by atoms with Gasteiger partial charge in [0.05, 0.1) is 13.2 Å². The summed E-state index contributed by atoms with van der Waals surface area (Å²) in [5, 5.41) is 9.12. The zero-order valence-electron chi connectivity index (χ0n) is 10.4. The second kappa shape index (κ2) is 6.01. The maximum Gasteiger partial charge on any atom is 0.244 e. The Morgan fingerprint density at radius 2 is 2.11 bits per heavy atom. The molecule has 0 radical (unpaired) electrons. The third-order valence-corrected chi connectivity index (χ3v) is 4.60. The minimum Gasteiger partial charge on any atom is -0.495 e. The minimum atomic E-state index is -3.70. The fourth-order valence-electron chi connectivity index (χ4n) is 1.31. The van der Waals surface area contributed by atoms with Crippen LogP contribution in [0, 0.1) is 6.92 Å². The van der Waals surface area contributed by atoms with E-state index in [2.05, 4.69) is 20.7 Å². The van der Waals surface area contributed by atoms with Crippen molar-refractivity contribution < 1.29 is 18.3 Å².